The molecule has 1 aromatic heterocycles. The summed E-state index contributed by atoms with van der Waals surface area (Å²) in [5.41, 5.74) is 0.247. The Morgan fingerprint density at radius 2 is 2.19 bits per heavy atom. The summed E-state index contributed by atoms with van der Waals surface area (Å²) in [6.45, 7) is 0. The van der Waals surface area contributed by atoms with Crippen molar-refractivity contribution in [2.45, 2.75) is 5.88 Å². The minimum Gasteiger partial charge on any atom is -0.338 e. The van der Waals surface area contributed by atoms with Crippen molar-refractivity contribution in [2.24, 2.45) is 0 Å². The summed E-state index contributed by atoms with van der Waals surface area (Å²) in [6, 6.07) is 6.18. The highest BCUT2D eigenvalue weighted by atomic mass is 35.5. The molecule has 0 saturated carbocycles. The highest BCUT2D eigenvalue weighted by Gasteiger charge is 2.18. The lowest BCUT2D eigenvalue weighted by Crippen LogP contribution is -1.92. The minimum absolute atomic E-state index is 0.0653. The molecule has 0 radical (unpaired) electrons. The smallest absolute Gasteiger partial charge is 0.280 e. The normalized spacial score (nSPS) is 10.3. The molecule has 0 saturated heterocycles. The summed E-state index contributed by atoms with van der Waals surface area (Å²) in [5.74, 6) is 0.478. The lowest BCUT2D eigenvalue weighted by atomic mass is 10.2. The number of nitrogens with zero attached hydrogens (tertiary/aromatic N) is 3. The average Bonchev–Trinajstić information content (AvgIpc) is 2.77. The summed E-state index contributed by atoms with van der Waals surface area (Å²) >= 11 is 5.50. The Balaban J connectivity index is 2.50. The van der Waals surface area contributed by atoms with Gasteiger partial charge in [0.15, 0.2) is 0 Å². The lowest BCUT2D eigenvalue weighted by Gasteiger charge is -1.95. The van der Waals surface area contributed by atoms with E-state index >= 15 is 0 Å². The van der Waals surface area contributed by atoms with Crippen LogP contribution in [0.1, 0.15) is 5.89 Å². The highest BCUT2D eigenvalue weighted by molar-refractivity contribution is 6.16. The van der Waals surface area contributed by atoms with Gasteiger partial charge in [-0.25, -0.2) is 0 Å². The molecule has 0 bridgehead atoms. The molecule has 1 heterocycles. The van der Waals surface area contributed by atoms with Crippen LogP contribution in [0.3, 0.4) is 0 Å². The van der Waals surface area contributed by atoms with E-state index in [0.717, 1.165) is 0 Å². The fraction of sp³-hybridized carbons (Fsp3) is 0.111. The predicted molar refractivity (Wildman–Crippen MR) is 55.9 cm³/mol. The van der Waals surface area contributed by atoms with Crippen molar-refractivity contribution in [3.05, 3.63) is 40.3 Å². The Morgan fingerprint density at radius 1 is 1.44 bits per heavy atom. The van der Waals surface area contributed by atoms with Crippen LogP contribution in [0.25, 0.3) is 11.4 Å². The van der Waals surface area contributed by atoms with Gasteiger partial charge in [-0.1, -0.05) is 17.3 Å². The molecular formula is C9H6ClN3O3. The maximum atomic E-state index is 10.8. The monoisotopic (exact) mass is 239 g/mol. The van der Waals surface area contributed by atoms with E-state index in [0.29, 0.717) is 5.56 Å². The molecule has 1 aromatic carbocycles. The summed E-state index contributed by atoms with van der Waals surface area (Å²) < 4.78 is 4.79. The van der Waals surface area contributed by atoms with Gasteiger partial charge in [-0.15, -0.1) is 11.6 Å². The first-order chi connectivity index (χ1) is 7.72. The van der Waals surface area contributed by atoms with Gasteiger partial charge >= 0.3 is 0 Å². The van der Waals surface area contributed by atoms with E-state index in [2.05, 4.69) is 10.1 Å². The zero-order valence-corrected chi connectivity index (χ0v) is 8.72. The standard InChI is InChI=1S/C9H6ClN3O3/c10-5-8-11-9(12-16-8)6-3-1-2-4-7(6)13(14)15/h1-4H,5H2. The fourth-order valence-corrected chi connectivity index (χ4v) is 1.35. The van der Waals surface area contributed by atoms with Crippen molar-refractivity contribution in [2.75, 3.05) is 0 Å². The molecule has 0 amide bonds. The topological polar surface area (TPSA) is 82.1 Å². The predicted octanol–water partition coefficient (Wildman–Crippen LogP) is 2.38. The second-order valence-corrected chi connectivity index (χ2v) is 3.19. The van der Waals surface area contributed by atoms with Crippen LogP contribution in [0.15, 0.2) is 28.8 Å². The number of para-hydroxylation sites is 1. The van der Waals surface area contributed by atoms with E-state index in [-0.39, 0.29) is 23.3 Å². The molecule has 0 fully saturated rings. The molecule has 0 N–H and O–H groups in total. The van der Waals surface area contributed by atoms with Gasteiger partial charge < -0.3 is 4.52 Å². The summed E-state index contributed by atoms with van der Waals surface area (Å²) in [7, 11) is 0. The average molecular weight is 240 g/mol. The fourth-order valence-electron chi connectivity index (χ4n) is 1.24. The van der Waals surface area contributed by atoms with E-state index in [1.807, 2.05) is 0 Å². The van der Waals surface area contributed by atoms with Gasteiger partial charge in [0, 0.05) is 6.07 Å². The molecule has 0 aliphatic carbocycles. The van der Waals surface area contributed by atoms with Gasteiger partial charge in [0.1, 0.15) is 11.4 Å². The van der Waals surface area contributed by atoms with E-state index in [1.165, 1.54) is 6.07 Å². The van der Waals surface area contributed by atoms with Crippen LogP contribution in [0, 0.1) is 10.1 Å². The maximum Gasteiger partial charge on any atom is 0.280 e. The van der Waals surface area contributed by atoms with E-state index in [1.54, 1.807) is 18.2 Å². The van der Waals surface area contributed by atoms with Gasteiger partial charge in [0.2, 0.25) is 11.7 Å². The van der Waals surface area contributed by atoms with Crippen molar-refractivity contribution < 1.29 is 9.45 Å². The van der Waals surface area contributed by atoms with Crippen LogP contribution < -0.4 is 0 Å². The van der Waals surface area contributed by atoms with E-state index < -0.39 is 4.92 Å². The van der Waals surface area contributed by atoms with E-state index in [9.17, 15) is 10.1 Å². The summed E-state index contributed by atoms with van der Waals surface area (Å²) in [6.07, 6.45) is 0. The SMILES string of the molecule is O=[N+]([O-])c1ccccc1-c1noc(CCl)n1. The Morgan fingerprint density at radius 3 is 2.81 bits per heavy atom. The summed E-state index contributed by atoms with van der Waals surface area (Å²) in [4.78, 5) is 14.2. The molecular weight excluding hydrogens is 234 g/mol. The molecule has 0 spiro atoms. The Bertz CT molecular complexity index is 526. The Labute approximate surface area is 95.0 Å². The van der Waals surface area contributed by atoms with Gasteiger partial charge in [-0.05, 0) is 6.07 Å². The summed E-state index contributed by atoms with van der Waals surface area (Å²) in [5, 5.41) is 14.4. The molecule has 0 atom stereocenters. The van der Waals surface area contributed by atoms with Crippen molar-refractivity contribution in [1.82, 2.24) is 10.1 Å². The molecule has 2 aromatic rings. The lowest BCUT2D eigenvalue weighted by molar-refractivity contribution is -0.384. The molecule has 2 rings (SSSR count). The van der Waals surface area contributed by atoms with Crippen molar-refractivity contribution >= 4 is 17.3 Å². The first-order valence-electron chi connectivity index (χ1n) is 4.34. The van der Waals surface area contributed by atoms with Crippen molar-refractivity contribution in [3.8, 4) is 11.4 Å². The van der Waals surface area contributed by atoms with Gasteiger partial charge in [-0.3, -0.25) is 10.1 Å². The van der Waals surface area contributed by atoms with Gasteiger partial charge in [-0.2, -0.15) is 4.98 Å². The van der Waals surface area contributed by atoms with Gasteiger partial charge in [0.05, 0.1) is 4.92 Å². The first kappa shape index (κ1) is 10.6. The van der Waals surface area contributed by atoms with Crippen LogP contribution in [0.4, 0.5) is 5.69 Å². The van der Waals surface area contributed by atoms with Crippen molar-refractivity contribution in [3.63, 3.8) is 0 Å². The molecule has 0 aliphatic heterocycles. The molecule has 16 heavy (non-hydrogen) atoms. The molecule has 7 heteroatoms. The molecule has 6 nitrogen and oxygen atoms in total. The van der Waals surface area contributed by atoms with Crippen LogP contribution in [0.2, 0.25) is 0 Å². The first-order valence-corrected chi connectivity index (χ1v) is 4.88. The second-order valence-electron chi connectivity index (χ2n) is 2.92. The van der Waals surface area contributed by atoms with E-state index in [4.69, 9.17) is 16.1 Å². The number of nitro benzene ring substituents is 1. The van der Waals surface area contributed by atoms with Crippen LogP contribution in [-0.2, 0) is 5.88 Å². The van der Waals surface area contributed by atoms with Crippen LogP contribution in [-0.4, -0.2) is 15.1 Å². The molecule has 82 valence electrons. The largest absolute Gasteiger partial charge is 0.338 e. The van der Waals surface area contributed by atoms with Crippen LogP contribution in [0.5, 0.6) is 0 Å². The number of nitro groups is 1. The van der Waals surface area contributed by atoms with Crippen LogP contribution >= 0.6 is 11.6 Å². The third-order valence-electron chi connectivity index (χ3n) is 1.92. The van der Waals surface area contributed by atoms with Crippen molar-refractivity contribution in [1.29, 1.82) is 0 Å². The number of hydrogen-bond acceptors (Lipinski definition) is 5. The number of halogens is 1. The Kier molecular flexibility index (Phi) is 2.82. The minimum atomic E-state index is -0.494. The second kappa shape index (κ2) is 4.28. The zero-order chi connectivity index (χ0) is 11.5. The molecule has 0 aliphatic rings. The number of rotatable bonds is 3. The number of aromatic nitrogens is 2. The highest BCUT2D eigenvalue weighted by Crippen LogP contribution is 2.27. The Hall–Kier alpha value is -1.95. The number of benzene rings is 1. The third kappa shape index (κ3) is 1.87. The molecule has 0 unspecified atom stereocenters. The van der Waals surface area contributed by atoms with Gasteiger partial charge in [0.25, 0.3) is 5.69 Å². The quantitative estimate of drug-likeness (QED) is 0.467. The maximum absolute atomic E-state index is 10.8. The number of hydrogen-bond donors (Lipinski definition) is 0. The third-order valence-corrected chi connectivity index (χ3v) is 2.15. The zero-order valence-electron chi connectivity index (χ0n) is 7.96. The number of alkyl halides is 1.